The van der Waals surface area contributed by atoms with Gasteiger partial charge in [0, 0.05) is 11.6 Å². The number of nitrogens with zero attached hydrogens (tertiary/aromatic N) is 1. The zero-order chi connectivity index (χ0) is 17.8. The Kier molecular flexibility index (Phi) is 6.55. The first-order valence-corrected chi connectivity index (χ1v) is 8.57. The van der Waals surface area contributed by atoms with Gasteiger partial charge in [-0.1, -0.05) is 18.5 Å². The summed E-state index contributed by atoms with van der Waals surface area (Å²) in [6.45, 7) is 2.58. The van der Waals surface area contributed by atoms with Crippen molar-refractivity contribution < 1.29 is 27.9 Å². The van der Waals surface area contributed by atoms with E-state index in [2.05, 4.69) is 4.74 Å². The number of carboxylic acid groups (broad SMARTS) is 1. The average molecular weight is 364 g/mol. The number of carbonyl (C=O) groups excluding carboxylic acids is 1. The first-order valence-electron chi connectivity index (χ1n) is 6.75. The maximum absolute atomic E-state index is 12.7. The van der Waals surface area contributed by atoms with Gasteiger partial charge in [0.25, 0.3) is 0 Å². The molecule has 128 valence electrons. The number of ether oxygens (including phenoxy) is 1. The predicted octanol–water partition coefficient (Wildman–Crippen LogP) is 1.92. The number of carbonyl (C=O) groups is 2. The molecule has 9 heteroatoms. The van der Waals surface area contributed by atoms with Crippen molar-refractivity contribution in [2.75, 3.05) is 20.2 Å². The van der Waals surface area contributed by atoms with Crippen LogP contribution in [0.2, 0.25) is 5.02 Å². The number of esters is 1. The zero-order valence-electron chi connectivity index (χ0n) is 13.0. The summed E-state index contributed by atoms with van der Waals surface area (Å²) in [6.07, 6.45) is 0.440. The average Bonchev–Trinajstić information content (AvgIpc) is 2.47. The molecule has 0 fully saturated rings. The van der Waals surface area contributed by atoms with Gasteiger partial charge in [-0.05, 0) is 31.0 Å². The van der Waals surface area contributed by atoms with Gasteiger partial charge >= 0.3 is 11.9 Å². The molecule has 0 heterocycles. The van der Waals surface area contributed by atoms with Crippen molar-refractivity contribution in [1.82, 2.24) is 4.31 Å². The molecule has 0 aromatic heterocycles. The van der Waals surface area contributed by atoms with Gasteiger partial charge < -0.3 is 9.84 Å². The lowest BCUT2D eigenvalue weighted by atomic mass is 10.1. The lowest BCUT2D eigenvalue weighted by molar-refractivity contribution is -0.137. The summed E-state index contributed by atoms with van der Waals surface area (Å²) in [5.41, 5.74) is 0.222. The number of rotatable bonds is 7. The minimum absolute atomic E-state index is 0.0200. The molecule has 23 heavy (non-hydrogen) atoms. The quantitative estimate of drug-likeness (QED) is 0.743. The number of halogens is 1. The number of benzene rings is 1. The Bertz CT molecular complexity index is 716. The third-order valence-electron chi connectivity index (χ3n) is 3.12. The summed E-state index contributed by atoms with van der Waals surface area (Å²) >= 11 is 6.01. The third-order valence-corrected chi connectivity index (χ3v) is 5.48. The van der Waals surface area contributed by atoms with E-state index in [4.69, 9.17) is 16.7 Å². The van der Waals surface area contributed by atoms with E-state index in [0.29, 0.717) is 6.42 Å². The number of methoxy groups -OCH3 is 1. The van der Waals surface area contributed by atoms with E-state index in [1.165, 1.54) is 13.0 Å². The van der Waals surface area contributed by atoms with Crippen LogP contribution in [0, 0.1) is 6.92 Å². The second-order valence-corrected chi connectivity index (χ2v) is 7.12. The molecule has 1 aromatic carbocycles. The molecular formula is C14H18ClNO6S. The van der Waals surface area contributed by atoms with Gasteiger partial charge in [0.05, 0.1) is 17.6 Å². The van der Waals surface area contributed by atoms with Crippen LogP contribution >= 0.6 is 11.6 Å². The van der Waals surface area contributed by atoms with Gasteiger partial charge in [-0.3, -0.25) is 4.79 Å². The first-order chi connectivity index (χ1) is 10.6. The van der Waals surface area contributed by atoms with Crippen molar-refractivity contribution >= 4 is 33.6 Å². The van der Waals surface area contributed by atoms with Crippen LogP contribution in [0.5, 0.6) is 0 Å². The Labute approximate surface area is 139 Å². The minimum atomic E-state index is -4.12. The van der Waals surface area contributed by atoms with E-state index in [0.717, 1.165) is 17.5 Å². The van der Waals surface area contributed by atoms with E-state index in [9.17, 15) is 18.0 Å². The second kappa shape index (κ2) is 7.76. The Morgan fingerprint density at radius 1 is 1.35 bits per heavy atom. The Balaban J connectivity index is 3.49. The molecule has 0 amide bonds. The lowest BCUT2D eigenvalue weighted by Crippen LogP contribution is -2.36. The number of hydrogen-bond donors (Lipinski definition) is 1. The number of aliphatic carboxylic acids is 1. The highest BCUT2D eigenvalue weighted by molar-refractivity contribution is 7.89. The highest BCUT2D eigenvalue weighted by atomic mass is 35.5. The third kappa shape index (κ3) is 4.43. The molecule has 0 atom stereocenters. The highest BCUT2D eigenvalue weighted by Gasteiger charge is 2.29. The highest BCUT2D eigenvalue weighted by Crippen LogP contribution is 2.28. The van der Waals surface area contributed by atoms with Gasteiger partial charge in [0.2, 0.25) is 10.0 Å². The SMILES string of the molecule is CCCN(CC(=O)O)S(=O)(=O)c1cc(C(=O)OC)cc(Cl)c1C. The topological polar surface area (TPSA) is 101 Å². The monoisotopic (exact) mass is 363 g/mol. The Morgan fingerprint density at radius 3 is 2.43 bits per heavy atom. The fourth-order valence-electron chi connectivity index (χ4n) is 1.98. The van der Waals surface area contributed by atoms with E-state index in [1.54, 1.807) is 6.92 Å². The standard InChI is InChI=1S/C14H18ClNO6S/c1-4-5-16(8-13(17)18)23(20,21)12-7-10(14(19)22-3)6-11(15)9(12)2/h6-7H,4-5,8H2,1-3H3,(H,17,18). The van der Waals surface area contributed by atoms with Gasteiger partial charge in [0.15, 0.2) is 0 Å². The summed E-state index contributed by atoms with van der Waals surface area (Å²) in [4.78, 5) is 22.4. The molecule has 0 spiro atoms. The van der Waals surface area contributed by atoms with Crippen LogP contribution in [0.4, 0.5) is 0 Å². The van der Waals surface area contributed by atoms with Crippen molar-refractivity contribution in [2.24, 2.45) is 0 Å². The van der Waals surface area contributed by atoms with Gasteiger partial charge in [0.1, 0.15) is 6.54 Å². The van der Waals surface area contributed by atoms with Crippen LogP contribution in [0.3, 0.4) is 0 Å². The molecular weight excluding hydrogens is 346 g/mol. The van der Waals surface area contributed by atoms with E-state index in [-0.39, 0.29) is 27.6 Å². The van der Waals surface area contributed by atoms with E-state index in [1.807, 2.05) is 0 Å². The van der Waals surface area contributed by atoms with Crippen LogP contribution in [0.1, 0.15) is 29.3 Å². The summed E-state index contributed by atoms with van der Waals surface area (Å²) in [6, 6.07) is 2.45. The van der Waals surface area contributed by atoms with Crippen LogP contribution in [-0.2, 0) is 19.6 Å². The maximum atomic E-state index is 12.7. The summed E-state index contributed by atoms with van der Waals surface area (Å²) in [5.74, 6) is -2.00. The summed E-state index contributed by atoms with van der Waals surface area (Å²) in [7, 11) is -2.95. The fraction of sp³-hybridized carbons (Fsp3) is 0.429. The molecule has 0 aliphatic heterocycles. The largest absolute Gasteiger partial charge is 0.480 e. The van der Waals surface area contributed by atoms with Gasteiger partial charge in [-0.15, -0.1) is 0 Å². The van der Waals surface area contributed by atoms with E-state index >= 15 is 0 Å². The maximum Gasteiger partial charge on any atom is 0.337 e. The van der Waals surface area contributed by atoms with Crippen molar-refractivity contribution in [3.8, 4) is 0 Å². The molecule has 7 nitrogen and oxygen atoms in total. The van der Waals surface area contributed by atoms with Crippen molar-refractivity contribution in [2.45, 2.75) is 25.2 Å². The number of sulfonamides is 1. The van der Waals surface area contributed by atoms with E-state index < -0.39 is 28.5 Å². The second-order valence-electron chi connectivity index (χ2n) is 4.81. The molecule has 1 aromatic rings. The summed E-state index contributed by atoms with van der Waals surface area (Å²) in [5, 5.41) is 9.00. The Morgan fingerprint density at radius 2 is 1.96 bits per heavy atom. The summed E-state index contributed by atoms with van der Waals surface area (Å²) < 4.78 is 30.9. The van der Waals surface area contributed by atoms with Gasteiger partial charge in [-0.25, -0.2) is 13.2 Å². The lowest BCUT2D eigenvalue weighted by Gasteiger charge is -2.21. The van der Waals surface area contributed by atoms with Gasteiger partial charge in [-0.2, -0.15) is 4.31 Å². The Hall–Kier alpha value is -1.64. The zero-order valence-corrected chi connectivity index (χ0v) is 14.6. The van der Waals surface area contributed by atoms with Crippen molar-refractivity contribution in [1.29, 1.82) is 0 Å². The molecule has 1 N–H and O–H groups in total. The van der Waals surface area contributed by atoms with Crippen LogP contribution in [-0.4, -0.2) is 50.0 Å². The molecule has 0 aliphatic rings. The number of carboxylic acids is 1. The van der Waals surface area contributed by atoms with Crippen molar-refractivity contribution in [3.05, 3.63) is 28.3 Å². The molecule has 0 saturated heterocycles. The molecule has 0 aliphatic carbocycles. The van der Waals surface area contributed by atoms with Crippen LogP contribution in [0.15, 0.2) is 17.0 Å². The molecule has 0 bridgehead atoms. The predicted molar refractivity (Wildman–Crippen MR) is 84.2 cm³/mol. The minimum Gasteiger partial charge on any atom is -0.480 e. The van der Waals surface area contributed by atoms with Crippen LogP contribution in [0.25, 0.3) is 0 Å². The smallest absolute Gasteiger partial charge is 0.337 e. The fourth-order valence-corrected chi connectivity index (χ4v) is 4.01. The first kappa shape index (κ1) is 19.4. The molecule has 0 saturated carbocycles. The van der Waals surface area contributed by atoms with Crippen LogP contribution < -0.4 is 0 Å². The molecule has 0 radical (unpaired) electrons. The normalized spacial score (nSPS) is 11.5. The number of hydrogen-bond acceptors (Lipinski definition) is 5. The van der Waals surface area contributed by atoms with Crippen molar-refractivity contribution in [3.63, 3.8) is 0 Å². The molecule has 1 rings (SSSR count). The molecule has 0 unspecified atom stereocenters.